The zero-order valence-electron chi connectivity index (χ0n) is 12.5. The van der Waals surface area contributed by atoms with Crippen molar-refractivity contribution in [1.29, 1.82) is 0 Å². The topological polar surface area (TPSA) is 68.3 Å². The average molecular weight is 318 g/mol. The highest BCUT2D eigenvalue weighted by atomic mass is 32.2. The molecule has 1 aromatic heterocycles. The van der Waals surface area contributed by atoms with Gasteiger partial charge in [0.15, 0.2) is 0 Å². The van der Waals surface area contributed by atoms with Gasteiger partial charge in [0.2, 0.25) is 0 Å². The molecule has 2 atom stereocenters. The molecular formula is C16H18N2O3S. The van der Waals surface area contributed by atoms with Crippen LogP contribution in [0.5, 0.6) is 0 Å². The van der Waals surface area contributed by atoms with E-state index in [9.17, 15) is 9.00 Å². The number of esters is 1. The van der Waals surface area contributed by atoms with Crippen LogP contribution in [0.3, 0.4) is 0 Å². The quantitative estimate of drug-likeness (QED) is 0.830. The Bertz CT molecular complexity index is 644. The third-order valence-electron chi connectivity index (χ3n) is 3.17. The largest absolute Gasteiger partial charge is 0.469 e. The van der Waals surface area contributed by atoms with Crippen LogP contribution in [0.1, 0.15) is 23.6 Å². The van der Waals surface area contributed by atoms with E-state index < -0.39 is 17.0 Å². The lowest BCUT2D eigenvalue weighted by atomic mass is 10.1. The molecule has 2 rings (SSSR count). The molecule has 116 valence electrons. The van der Waals surface area contributed by atoms with Crippen molar-refractivity contribution in [2.75, 3.05) is 7.11 Å². The number of hydrogen-bond donors (Lipinski definition) is 1. The van der Waals surface area contributed by atoms with Gasteiger partial charge in [0.25, 0.3) is 0 Å². The summed E-state index contributed by atoms with van der Waals surface area (Å²) in [6.45, 7) is 1.97. The van der Waals surface area contributed by atoms with Crippen molar-refractivity contribution >= 4 is 17.0 Å². The lowest BCUT2D eigenvalue weighted by molar-refractivity contribution is -0.141. The first kappa shape index (κ1) is 16.3. The second-order valence-electron chi connectivity index (χ2n) is 4.82. The Kier molecular flexibility index (Phi) is 5.80. The molecule has 0 unspecified atom stereocenters. The van der Waals surface area contributed by atoms with E-state index in [0.717, 1.165) is 11.1 Å². The first-order valence-corrected chi connectivity index (χ1v) is 7.96. The average Bonchev–Trinajstić information content (AvgIpc) is 2.55. The maximum absolute atomic E-state index is 12.4. The van der Waals surface area contributed by atoms with E-state index in [1.54, 1.807) is 30.6 Å². The van der Waals surface area contributed by atoms with Gasteiger partial charge in [0.05, 0.1) is 24.5 Å². The van der Waals surface area contributed by atoms with Crippen LogP contribution in [0.25, 0.3) is 0 Å². The molecule has 1 aromatic carbocycles. The van der Waals surface area contributed by atoms with Gasteiger partial charge in [-0.3, -0.25) is 9.78 Å². The van der Waals surface area contributed by atoms with Gasteiger partial charge in [-0.15, -0.1) is 0 Å². The second-order valence-corrected chi connectivity index (χ2v) is 6.06. The summed E-state index contributed by atoms with van der Waals surface area (Å²) in [5, 5.41) is 0. The zero-order chi connectivity index (χ0) is 15.9. The molecule has 0 aliphatic heterocycles. The van der Waals surface area contributed by atoms with E-state index in [2.05, 4.69) is 9.71 Å². The summed E-state index contributed by atoms with van der Waals surface area (Å²) in [4.78, 5) is 16.3. The SMILES string of the molecule is COC(=O)C[C@H](N[S@](=O)c1ccc(C)cc1)c1cccnc1. The number of nitrogens with zero attached hydrogens (tertiary/aromatic N) is 1. The maximum atomic E-state index is 12.4. The van der Waals surface area contributed by atoms with Crippen molar-refractivity contribution in [3.05, 3.63) is 59.9 Å². The Labute approximate surface area is 132 Å². The Balaban J connectivity index is 2.17. The van der Waals surface area contributed by atoms with Gasteiger partial charge in [0, 0.05) is 12.4 Å². The number of aromatic nitrogens is 1. The van der Waals surface area contributed by atoms with Crippen LogP contribution in [0, 0.1) is 6.92 Å². The first-order valence-electron chi connectivity index (χ1n) is 6.81. The molecule has 6 heteroatoms. The molecule has 1 heterocycles. The van der Waals surface area contributed by atoms with E-state index in [1.807, 2.05) is 25.1 Å². The Hall–Kier alpha value is -2.05. The smallest absolute Gasteiger partial charge is 0.307 e. The molecule has 0 saturated carbocycles. The second kappa shape index (κ2) is 7.82. The zero-order valence-corrected chi connectivity index (χ0v) is 13.3. The number of benzene rings is 1. The van der Waals surface area contributed by atoms with Gasteiger partial charge in [0.1, 0.15) is 11.0 Å². The van der Waals surface area contributed by atoms with Crippen molar-refractivity contribution in [3.63, 3.8) is 0 Å². The number of rotatable bonds is 6. The van der Waals surface area contributed by atoms with Gasteiger partial charge in [-0.1, -0.05) is 23.8 Å². The van der Waals surface area contributed by atoms with Crippen LogP contribution in [0.15, 0.2) is 53.7 Å². The molecule has 0 radical (unpaired) electrons. The van der Waals surface area contributed by atoms with Gasteiger partial charge in [-0.25, -0.2) is 8.93 Å². The highest BCUT2D eigenvalue weighted by Gasteiger charge is 2.19. The first-order chi connectivity index (χ1) is 10.6. The summed E-state index contributed by atoms with van der Waals surface area (Å²) in [6, 6.07) is 10.6. The number of aryl methyl sites for hydroxylation is 1. The number of methoxy groups -OCH3 is 1. The summed E-state index contributed by atoms with van der Waals surface area (Å²) < 4.78 is 20.1. The molecule has 5 nitrogen and oxygen atoms in total. The van der Waals surface area contributed by atoms with Crippen molar-refractivity contribution in [1.82, 2.24) is 9.71 Å². The lowest BCUT2D eigenvalue weighted by Gasteiger charge is -2.17. The lowest BCUT2D eigenvalue weighted by Crippen LogP contribution is -2.26. The number of carbonyl (C=O) groups excluding carboxylic acids is 1. The standard InChI is InChI=1S/C16H18N2O3S/c1-12-5-7-14(8-6-12)22(20)18-15(10-16(19)21-2)13-4-3-9-17-11-13/h3-9,11,15,18H,10H2,1-2H3/t15-,22+/m0/s1. The van der Waals surface area contributed by atoms with Crippen LogP contribution < -0.4 is 4.72 Å². The molecule has 2 aromatic rings. The van der Waals surface area contributed by atoms with E-state index in [0.29, 0.717) is 4.90 Å². The third-order valence-corrected chi connectivity index (χ3v) is 4.37. The van der Waals surface area contributed by atoms with Crippen LogP contribution in [-0.4, -0.2) is 22.3 Å². The summed E-state index contributed by atoms with van der Waals surface area (Å²) in [6.07, 6.45) is 3.38. The van der Waals surface area contributed by atoms with Crippen LogP contribution >= 0.6 is 0 Å². The van der Waals surface area contributed by atoms with E-state index in [-0.39, 0.29) is 12.4 Å². The summed E-state index contributed by atoms with van der Waals surface area (Å²) in [5.74, 6) is -0.373. The molecular weight excluding hydrogens is 300 g/mol. The van der Waals surface area contributed by atoms with Gasteiger partial charge >= 0.3 is 5.97 Å². The predicted octanol–water partition coefficient (Wildman–Crippen LogP) is 2.31. The normalized spacial score (nSPS) is 13.4. The summed E-state index contributed by atoms with van der Waals surface area (Å²) in [5.41, 5.74) is 1.88. The molecule has 1 N–H and O–H groups in total. The van der Waals surface area contributed by atoms with Gasteiger partial charge in [-0.2, -0.15) is 0 Å². The highest BCUT2D eigenvalue weighted by Crippen LogP contribution is 2.19. The van der Waals surface area contributed by atoms with Crippen LogP contribution in [-0.2, 0) is 20.5 Å². The van der Waals surface area contributed by atoms with Gasteiger partial charge < -0.3 is 4.74 Å². The van der Waals surface area contributed by atoms with Crippen molar-refractivity contribution in [3.8, 4) is 0 Å². The molecule has 0 fully saturated rings. The van der Waals surface area contributed by atoms with Gasteiger partial charge in [-0.05, 0) is 30.7 Å². The maximum Gasteiger partial charge on any atom is 0.307 e. The third kappa shape index (κ3) is 4.47. The minimum atomic E-state index is -1.43. The molecule has 0 aliphatic carbocycles. The van der Waals surface area contributed by atoms with Crippen molar-refractivity contribution in [2.45, 2.75) is 24.3 Å². The van der Waals surface area contributed by atoms with Crippen LogP contribution in [0.2, 0.25) is 0 Å². The minimum Gasteiger partial charge on any atom is -0.469 e. The predicted molar refractivity (Wildman–Crippen MR) is 84.3 cm³/mol. The number of pyridine rings is 1. The molecule has 0 bridgehead atoms. The molecule has 22 heavy (non-hydrogen) atoms. The van der Waals surface area contributed by atoms with E-state index in [1.165, 1.54) is 7.11 Å². The Morgan fingerprint density at radius 3 is 2.64 bits per heavy atom. The fourth-order valence-corrected chi connectivity index (χ4v) is 2.92. The number of ether oxygens (including phenoxy) is 1. The minimum absolute atomic E-state index is 0.0831. The fourth-order valence-electron chi connectivity index (χ4n) is 1.92. The van der Waals surface area contributed by atoms with Crippen molar-refractivity contribution in [2.24, 2.45) is 0 Å². The van der Waals surface area contributed by atoms with E-state index >= 15 is 0 Å². The monoisotopic (exact) mass is 318 g/mol. The molecule has 0 spiro atoms. The summed E-state index contributed by atoms with van der Waals surface area (Å²) in [7, 11) is -0.0933. The fraction of sp³-hybridized carbons (Fsp3) is 0.250. The highest BCUT2D eigenvalue weighted by molar-refractivity contribution is 7.83. The Morgan fingerprint density at radius 2 is 2.05 bits per heavy atom. The number of carbonyl (C=O) groups is 1. The van der Waals surface area contributed by atoms with Crippen LogP contribution in [0.4, 0.5) is 0 Å². The summed E-state index contributed by atoms with van der Waals surface area (Å²) >= 11 is 0. The number of nitrogens with one attached hydrogen (secondary N) is 1. The molecule has 0 saturated heterocycles. The molecule has 0 amide bonds. The molecule has 0 aliphatic rings. The van der Waals surface area contributed by atoms with Crippen molar-refractivity contribution < 1.29 is 13.7 Å². The Morgan fingerprint density at radius 1 is 1.32 bits per heavy atom. The number of hydrogen-bond acceptors (Lipinski definition) is 4. The van der Waals surface area contributed by atoms with E-state index in [4.69, 9.17) is 4.74 Å².